The number of carbonyl (C=O) groups excluding carboxylic acids is 1. The maximum atomic E-state index is 12.5. The molecular formula is C15H18F3NO2. The smallest absolute Gasteiger partial charge is 0.372 e. The van der Waals surface area contributed by atoms with Gasteiger partial charge in [0.05, 0.1) is 0 Å². The standard InChI is InChI=1S/C15H18F3NO2/c1-21-14(8-3-2-4-9-14)12-7-5-6-11(10-19-12)13(20)15(16,17)18/h5-7,10,19H,2-4,8-9H2,1H3. The molecule has 21 heavy (non-hydrogen) atoms. The number of Topliss-reactive ketones (excluding diaryl/α,β-unsaturated/α-hetero) is 1. The van der Waals surface area contributed by atoms with Crippen LogP contribution < -0.4 is 5.32 Å². The minimum Gasteiger partial charge on any atom is -0.372 e. The van der Waals surface area contributed by atoms with E-state index in [-0.39, 0.29) is 0 Å². The topological polar surface area (TPSA) is 38.3 Å². The summed E-state index contributed by atoms with van der Waals surface area (Å²) in [4.78, 5) is 11.3. The van der Waals surface area contributed by atoms with Crippen LogP contribution in [0.3, 0.4) is 0 Å². The summed E-state index contributed by atoms with van der Waals surface area (Å²) in [7, 11) is 1.61. The lowest BCUT2D eigenvalue weighted by Gasteiger charge is -2.37. The summed E-state index contributed by atoms with van der Waals surface area (Å²) in [6.07, 6.45) is 5.32. The summed E-state index contributed by atoms with van der Waals surface area (Å²) in [5.74, 6) is -1.85. The zero-order chi connectivity index (χ0) is 15.5. The summed E-state index contributed by atoms with van der Waals surface area (Å²) in [5, 5.41) is 2.84. The highest BCUT2D eigenvalue weighted by Gasteiger charge is 2.41. The highest BCUT2D eigenvalue weighted by molar-refractivity contribution is 6.02. The van der Waals surface area contributed by atoms with Gasteiger partial charge < -0.3 is 10.1 Å². The lowest BCUT2D eigenvalue weighted by atomic mass is 9.82. The first kappa shape index (κ1) is 15.8. The van der Waals surface area contributed by atoms with E-state index in [0.717, 1.165) is 38.3 Å². The molecule has 1 saturated carbocycles. The van der Waals surface area contributed by atoms with Crippen LogP contribution >= 0.6 is 0 Å². The second-order valence-electron chi connectivity index (χ2n) is 5.27. The third-order valence-corrected chi connectivity index (χ3v) is 3.98. The fraction of sp³-hybridized carbons (Fsp3) is 0.533. The predicted octanol–water partition coefficient (Wildman–Crippen LogP) is 3.39. The van der Waals surface area contributed by atoms with Crippen molar-refractivity contribution in [2.45, 2.75) is 43.9 Å². The average molecular weight is 301 g/mol. The lowest BCUT2D eigenvalue weighted by molar-refractivity contribution is -0.166. The predicted molar refractivity (Wildman–Crippen MR) is 72.3 cm³/mol. The first-order valence-corrected chi connectivity index (χ1v) is 6.91. The molecule has 0 radical (unpaired) electrons. The van der Waals surface area contributed by atoms with Crippen molar-refractivity contribution in [3.8, 4) is 0 Å². The van der Waals surface area contributed by atoms with Crippen LogP contribution in [-0.2, 0) is 9.53 Å². The van der Waals surface area contributed by atoms with Gasteiger partial charge in [-0.15, -0.1) is 0 Å². The van der Waals surface area contributed by atoms with Gasteiger partial charge in [-0.1, -0.05) is 25.3 Å². The summed E-state index contributed by atoms with van der Waals surface area (Å²) in [5.41, 5.74) is -0.211. The molecular weight excluding hydrogens is 283 g/mol. The lowest BCUT2D eigenvalue weighted by Crippen LogP contribution is -2.40. The van der Waals surface area contributed by atoms with Crippen LogP contribution in [0.4, 0.5) is 13.2 Å². The highest BCUT2D eigenvalue weighted by Crippen LogP contribution is 2.36. The molecule has 1 aliphatic carbocycles. The molecule has 0 aromatic rings. The van der Waals surface area contributed by atoms with Gasteiger partial charge in [0.2, 0.25) is 0 Å². The number of hydrogen-bond donors (Lipinski definition) is 1. The number of alkyl halides is 3. The van der Waals surface area contributed by atoms with E-state index >= 15 is 0 Å². The Bertz CT molecular complexity index is 498. The van der Waals surface area contributed by atoms with Gasteiger partial charge in [-0.3, -0.25) is 4.79 Å². The van der Waals surface area contributed by atoms with E-state index < -0.39 is 23.1 Å². The zero-order valence-electron chi connectivity index (χ0n) is 11.8. The van der Waals surface area contributed by atoms with Gasteiger partial charge in [-0.05, 0) is 25.0 Å². The average Bonchev–Trinajstić information content (AvgIpc) is 2.72. The molecule has 3 nitrogen and oxygen atoms in total. The molecule has 0 spiro atoms. The summed E-state index contributed by atoms with van der Waals surface area (Å²) in [6, 6.07) is 0. The Morgan fingerprint density at radius 1 is 1.29 bits per heavy atom. The first-order chi connectivity index (χ1) is 9.89. The number of rotatable bonds is 3. The second-order valence-corrected chi connectivity index (χ2v) is 5.27. The maximum absolute atomic E-state index is 12.5. The van der Waals surface area contributed by atoms with Crippen LogP contribution in [0.1, 0.15) is 32.1 Å². The monoisotopic (exact) mass is 301 g/mol. The number of nitrogens with one attached hydrogen (secondary N) is 1. The number of halogens is 3. The zero-order valence-corrected chi connectivity index (χ0v) is 11.8. The third kappa shape index (κ3) is 3.37. The van der Waals surface area contributed by atoms with Gasteiger partial charge in [-0.2, -0.15) is 13.2 Å². The number of carbonyl (C=O) groups is 1. The van der Waals surface area contributed by atoms with Gasteiger partial charge in [0.1, 0.15) is 5.60 Å². The number of hydrogen-bond acceptors (Lipinski definition) is 3. The van der Waals surface area contributed by atoms with Crippen molar-refractivity contribution < 1.29 is 22.7 Å². The normalized spacial score (nSPS) is 21.9. The quantitative estimate of drug-likeness (QED) is 0.868. The minimum absolute atomic E-state index is 0.407. The number of ether oxygens (including phenoxy) is 1. The fourth-order valence-electron chi connectivity index (χ4n) is 2.79. The van der Waals surface area contributed by atoms with E-state index in [1.807, 2.05) is 0 Å². The third-order valence-electron chi connectivity index (χ3n) is 3.98. The van der Waals surface area contributed by atoms with Crippen LogP contribution in [0.2, 0.25) is 0 Å². The first-order valence-electron chi connectivity index (χ1n) is 6.91. The van der Waals surface area contributed by atoms with E-state index in [0.29, 0.717) is 5.70 Å². The summed E-state index contributed by atoms with van der Waals surface area (Å²) < 4.78 is 43.0. The molecule has 1 aliphatic heterocycles. The van der Waals surface area contributed by atoms with Crippen LogP contribution in [0.15, 0.2) is 35.7 Å². The van der Waals surface area contributed by atoms with Crippen LogP contribution in [-0.4, -0.2) is 24.7 Å². The Morgan fingerprint density at radius 2 is 1.95 bits per heavy atom. The molecule has 1 N–H and O–H groups in total. The van der Waals surface area contributed by atoms with Crippen molar-refractivity contribution in [2.24, 2.45) is 0 Å². The van der Waals surface area contributed by atoms with Crippen molar-refractivity contribution in [1.82, 2.24) is 5.32 Å². The van der Waals surface area contributed by atoms with Gasteiger partial charge in [0.25, 0.3) is 5.78 Å². The van der Waals surface area contributed by atoms with Gasteiger partial charge in [0.15, 0.2) is 0 Å². The molecule has 0 atom stereocenters. The summed E-state index contributed by atoms with van der Waals surface area (Å²) >= 11 is 0. The van der Waals surface area contributed by atoms with E-state index in [1.54, 1.807) is 13.2 Å². The largest absolute Gasteiger partial charge is 0.454 e. The van der Waals surface area contributed by atoms with Crippen LogP contribution in [0.5, 0.6) is 0 Å². The molecule has 2 rings (SSSR count). The molecule has 0 bridgehead atoms. The Labute approximate surface area is 121 Å². The van der Waals surface area contributed by atoms with Crippen molar-refractivity contribution in [2.75, 3.05) is 7.11 Å². The molecule has 0 saturated heterocycles. The number of ketones is 1. The molecule has 0 unspecified atom stereocenters. The molecule has 1 fully saturated rings. The molecule has 0 aromatic heterocycles. The minimum atomic E-state index is -4.87. The molecule has 0 amide bonds. The van der Waals surface area contributed by atoms with E-state index in [9.17, 15) is 18.0 Å². The molecule has 6 heteroatoms. The summed E-state index contributed by atoms with van der Waals surface area (Å²) in [6.45, 7) is 0. The number of allylic oxidation sites excluding steroid dienone is 4. The van der Waals surface area contributed by atoms with Gasteiger partial charge in [-0.25, -0.2) is 0 Å². The van der Waals surface area contributed by atoms with Gasteiger partial charge >= 0.3 is 6.18 Å². The Balaban J connectivity index is 2.20. The molecule has 2 aliphatic rings. The van der Waals surface area contributed by atoms with Crippen molar-refractivity contribution in [3.05, 3.63) is 35.7 Å². The Kier molecular flexibility index (Phi) is 4.56. The molecule has 1 heterocycles. The highest BCUT2D eigenvalue weighted by atomic mass is 19.4. The van der Waals surface area contributed by atoms with E-state index in [1.165, 1.54) is 12.2 Å². The van der Waals surface area contributed by atoms with Gasteiger partial charge in [0, 0.05) is 24.6 Å². The SMILES string of the molecule is COC1(C2=CC=CC(C(=O)C(F)(F)F)=CN2)CCCCC1. The van der Waals surface area contributed by atoms with Crippen LogP contribution in [0, 0.1) is 0 Å². The van der Waals surface area contributed by atoms with E-state index in [2.05, 4.69) is 5.32 Å². The number of methoxy groups -OCH3 is 1. The molecule has 0 aromatic carbocycles. The van der Waals surface area contributed by atoms with Crippen LogP contribution in [0.25, 0.3) is 0 Å². The molecule has 116 valence electrons. The van der Waals surface area contributed by atoms with Crippen molar-refractivity contribution in [3.63, 3.8) is 0 Å². The van der Waals surface area contributed by atoms with Crippen molar-refractivity contribution >= 4 is 5.78 Å². The fourth-order valence-corrected chi connectivity index (χ4v) is 2.79. The maximum Gasteiger partial charge on any atom is 0.454 e. The van der Waals surface area contributed by atoms with Crippen molar-refractivity contribution in [1.29, 1.82) is 0 Å². The second kappa shape index (κ2) is 6.05. The van der Waals surface area contributed by atoms with E-state index in [4.69, 9.17) is 4.74 Å². The Hall–Kier alpha value is -1.56. The Morgan fingerprint density at radius 3 is 2.52 bits per heavy atom.